The van der Waals surface area contributed by atoms with Gasteiger partial charge < -0.3 is 14.7 Å². The number of benzene rings is 1. The standard InChI is InChI=1S/C18H22N4O3/c23-17-3-1-2-15(17)16-10-25-9-8-22(16)18(24)13-4-6-14(7-5-13)21-11-19-20-12-21/h4-7,11-12,15-17,23H,1-3,8-10H2. The second-order valence-electron chi connectivity index (χ2n) is 6.72. The number of nitrogens with zero attached hydrogens (tertiary/aromatic N) is 4. The van der Waals surface area contributed by atoms with Crippen LogP contribution in [0, 0.1) is 5.92 Å². The second kappa shape index (κ2) is 6.93. The van der Waals surface area contributed by atoms with Crippen molar-refractivity contribution >= 4 is 5.91 Å². The Balaban J connectivity index is 1.54. The van der Waals surface area contributed by atoms with Gasteiger partial charge in [-0.05, 0) is 37.1 Å². The molecule has 132 valence electrons. The topological polar surface area (TPSA) is 80.5 Å². The molecule has 2 aromatic rings. The number of aliphatic hydroxyl groups excluding tert-OH is 1. The van der Waals surface area contributed by atoms with Gasteiger partial charge >= 0.3 is 0 Å². The van der Waals surface area contributed by atoms with Crippen molar-refractivity contribution < 1.29 is 14.6 Å². The van der Waals surface area contributed by atoms with E-state index in [1.807, 2.05) is 29.2 Å². The van der Waals surface area contributed by atoms with E-state index >= 15 is 0 Å². The minimum atomic E-state index is -0.335. The van der Waals surface area contributed by atoms with E-state index in [4.69, 9.17) is 4.74 Å². The molecule has 0 bridgehead atoms. The van der Waals surface area contributed by atoms with Gasteiger partial charge in [0, 0.05) is 23.7 Å². The first-order valence-electron chi connectivity index (χ1n) is 8.76. The third-order valence-electron chi connectivity index (χ3n) is 5.28. The molecule has 0 spiro atoms. The predicted molar refractivity (Wildman–Crippen MR) is 90.4 cm³/mol. The Morgan fingerprint density at radius 2 is 1.92 bits per heavy atom. The molecule has 7 heteroatoms. The smallest absolute Gasteiger partial charge is 0.254 e. The summed E-state index contributed by atoms with van der Waals surface area (Å²) in [7, 11) is 0. The highest BCUT2D eigenvalue weighted by molar-refractivity contribution is 5.94. The molecule has 1 aliphatic heterocycles. The zero-order valence-electron chi connectivity index (χ0n) is 14.0. The van der Waals surface area contributed by atoms with Gasteiger partial charge in [0.2, 0.25) is 0 Å². The monoisotopic (exact) mass is 342 g/mol. The van der Waals surface area contributed by atoms with E-state index in [1.54, 1.807) is 17.2 Å². The fraction of sp³-hybridized carbons (Fsp3) is 0.500. The van der Waals surface area contributed by atoms with Gasteiger partial charge in [0.15, 0.2) is 0 Å². The maximum atomic E-state index is 13.0. The van der Waals surface area contributed by atoms with Crippen LogP contribution in [0.3, 0.4) is 0 Å². The molecule has 1 N–H and O–H groups in total. The third-order valence-corrected chi connectivity index (χ3v) is 5.28. The number of carbonyl (C=O) groups is 1. The average molecular weight is 342 g/mol. The number of hydrogen-bond donors (Lipinski definition) is 1. The molecule has 2 aliphatic rings. The van der Waals surface area contributed by atoms with Gasteiger partial charge in [-0.15, -0.1) is 10.2 Å². The average Bonchev–Trinajstić information content (AvgIpc) is 3.33. The second-order valence-corrected chi connectivity index (χ2v) is 6.72. The minimum absolute atomic E-state index is 0.00251. The maximum Gasteiger partial charge on any atom is 0.254 e. The largest absolute Gasteiger partial charge is 0.393 e. The summed E-state index contributed by atoms with van der Waals surface area (Å²) in [5, 5.41) is 17.8. The van der Waals surface area contributed by atoms with Crippen molar-refractivity contribution in [1.82, 2.24) is 19.7 Å². The van der Waals surface area contributed by atoms with E-state index in [-0.39, 0.29) is 24.0 Å². The van der Waals surface area contributed by atoms with Crippen LogP contribution in [0.15, 0.2) is 36.9 Å². The molecular formula is C18H22N4O3. The molecule has 1 aromatic carbocycles. The van der Waals surface area contributed by atoms with E-state index in [0.717, 1.165) is 24.9 Å². The lowest BCUT2D eigenvalue weighted by Gasteiger charge is -2.40. The molecule has 1 aliphatic carbocycles. The Kier molecular flexibility index (Phi) is 4.50. The first-order valence-corrected chi connectivity index (χ1v) is 8.76. The van der Waals surface area contributed by atoms with E-state index in [9.17, 15) is 9.90 Å². The summed E-state index contributed by atoms with van der Waals surface area (Å²) in [6.07, 6.45) is 5.69. The van der Waals surface area contributed by atoms with E-state index in [1.165, 1.54) is 0 Å². The lowest BCUT2D eigenvalue weighted by atomic mass is 9.93. The highest BCUT2D eigenvalue weighted by atomic mass is 16.5. The molecule has 3 unspecified atom stereocenters. The van der Waals surface area contributed by atoms with Crippen molar-refractivity contribution in [2.75, 3.05) is 19.8 Å². The lowest BCUT2D eigenvalue weighted by Crippen LogP contribution is -2.53. The molecule has 7 nitrogen and oxygen atoms in total. The Bertz CT molecular complexity index is 716. The van der Waals surface area contributed by atoms with Gasteiger partial charge in [-0.25, -0.2) is 0 Å². The number of carbonyl (C=O) groups excluding carboxylic acids is 1. The molecule has 3 atom stereocenters. The van der Waals surface area contributed by atoms with Crippen LogP contribution in [0.5, 0.6) is 0 Å². The van der Waals surface area contributed by atoms with Crippen LogP contribution in [0.25, 0.3) is 5.69 Å². The number of amides is 1. The fourth-order valence-corrected chi connectivity index (χ4v) is 3.92. The summed E-state index contributed by atoms with van der Waals surface area (Å²) < 4.78 is 7.40. The van der Waals surface area contributed by atoms with Gasteiger partial charge in [-0.2, -0.15) is 0 Å². The molecular weight excluding hydrogens is 320 g/mol. The molecule has 4 rings (SSSR count). The van der Waals surface area contributed by atoms with E-state index < -0.39 is 0 Å². The Labute approximate surface area is 146 Å². The van der Waals surface area contributed by atoms with Crippen molar-refractivity contribution in [2.24, 2.45) is 5.92 Å². The molecule has 1 saturated heterocycles. The number of aliphatic hydroxyl groups is 1. The Morgan fingerprint density at radius 3 is 2.60 bits per heavy atom. The summed E-state index contributed by atoms with van der Waals surface area (Å²) in [4.78, 5) is 14.9. The Hall–Kier alpha value is -2.25. The zero-order chi connectivity index (χ0) is 17.2. The molecule has 1 aromatic heterocycles. The first kappa shape index (κ1) is 16.2. The van der Waals surface area contributed by atoms with E-state index in [0.29, 0.717) is 25.3 Å². The number of aromatic nitrogens is 3. The molecule has 1 saturated carbocycles. The van der Waals surface area contributed by atoms with Crippen molar-refractivity contribution in [3.63, 3.8) is 0 Å². The summed E-state index contributed by atoms with van der Waals surface area (Å²) in [5.41, 5.74) is 1.56. The SMILES string of the molecule is O=C(c1ccc(-n2cnnc2)cc1)N1CCOCC1C1CCCC1O. The van der Waals surface area contributed by atoms with Crippen molar-refractivity contribution in [3.8, 4) is 5.69 Å². The first-order chi connectivity index (χ1) is 12.2. The molecule has 25 heavy (non-hydrogen) atoms. The van der Waals surface area contributed by atoms with Crippen LogP contribution in [0.2, 0.25) is 0 Å². The summed E-state index contributed by atoms with van der Waals surface area (Å²) in [6, 6.07) is 7.38. The number of ether oxygens (including phenoxy) is 1. The maximum absolute atomic E-state index is 13.0. The third kappa shape index (κ3) is 3.17. The lowest BCUT2D eigenvalue weighted by molar-refractivity contribution is -0.0383. The molecule has 0 radical (unpaired) electrons. The summed E-state index contributed by atoms with van der Waals surface area (Å²) in [5.74, 6) is 0.114. The molecule has 2 heterocycles. The van der Waals surface area contributed by atoms with Crippen LogP contribution in [-0.4, -0.2) is 62.6 Å². The highest BCUT2D eigenvalue weighted by Crippen LogP contribution is 2.32. The van der Waals surface area contributed by atoms with Gasteiger partial charge in [-0.1, -0.05) is 6.42 Å². The predicted octanol–water partition coefficient (Wildman–Crippen LogP) is 1.27. The van der Waals surface area contributed by atoms with Crippen molar-refractivity contribution in [2.45, 2.75) is 31.4 Å². The van der Waals surface area contributed by atoms with Crippen LogP contribution >= 0.6 is 0 Å². The van der Waals surface area contributed by atoms with Gasteiger partial charge in [0.25, 0.3) is 5.91 Å². The normalized spacial score (nSPS) is 26.8. The van der Waals surface area contributed by atoms with Gasteiger partial charge in [-0.3, -0.25) is 9.36 Å². The summed E-state index contributed by atoms with van der Waals surface area (Å²) in [6.45, 7) is 1.62. The highest BCUT2D eigenvalue weighted by Gasteiger charge is 2.39. The van der Waals surface area contributed by atoms with E-state index in [2.05, 4.69) is 10.2 Å². The van der Waals surface area contributed by atoms with Crippen LogP contribution in [0.1, 0.15) is 29.6 Å². The quantitative estimate of drug-likeness (QED) is 0.908. The fourth-order valence-electron chi connectivity index (χ4n) is 3.92. The van der Waals surface area contributed by atoms with Crippen molar-refractivity contribution in [1.29, 1.82) is 0 Å². The van der Waals surface area contributed by atoms with Gasteiger partial charge in [0.05, 0.1) is 25.4 Å². The van der Waals surface area contributed by atoms with Crippen LogP contribution < -0.4 is 0 Å². The number of morpholine rings is 1. The number of rotatable bonds is 3. The Morgan fingerprint density at radius 1 is 1.16 bits per heavy atom. The number of hydrogen-bond acceptors (Lipinski definition) is 5. The van der Waals surface area contributed by atoms with Crippen LogP contribution in [-0.2, 0) is 4.74 Å². The minimum Gasteiger partial charge on any atom is -0.393 e. The van der Waals surface area contributed by atoms with Crippen LogP contribution in [0.4, 0.5) is 0 Å². The zero-order valence-corrected chi connectivity index (χ0v) is 14.0. The molecule has 1 amide bonds. The summed E-state index contributed by atoms with van der Waals surface area (Å²) >= 11 is 0. The van der Waals surface area contributed by atoms with Crippen molar-refractivity contribution in [3.05, 3.63) is 42.5 Å². The molecule has 2 fully saturated rings. The van der Waals surface area contributed by atoms with Gasteiger partial charge in [0.1, 0.15) is 12.7 Å².